The lowest BCUT2D eigenvalue weighted by Gasteiger charge is -2.21. The standard InChI is InChI=1S/C19H26S.C13H26N4O.C6H12.C2H4O/c1-6-8-14-20-19(15(3)4)18-12-10-17(11-13-18)16(5)9-7-2;1-4-11(3)12(14)8-17(15)9-13(18)16-6-5-10(2)7-16;1-2-4-6-5-3-1;1-2-3/h10-13,16H,6-7,9H2,1-5H3;8,10-11H,4-7,9,14-15H2,1-3H3;1-6H2;2H,1H3/b;12-8-;;. The van der Waals surface area contributed by atoms with Gasteiger partial charge in [0.15, 0.2) is 0 Å². The maximum atomic E-state index is 12.0. The molecule has 3 unspecified atom stereocenters. The number of nitrogens with two attached hydrogens (primary N) is 2. The summed E-state index contributed by atoms with van der Waals surface area (Å²) >= 11 is 1.65. The molecule has 3 atom stereocenters. The molecule has 0 bridgehead atoms. The van der Waals surface area contributed by atoms with E-state index in [0.29, 0.717) is 11.8 Å². The molecule has 266 valence electrons. The van der Waals surface area contributed by atoms with Gasteiger partial charge in [0.1, 0.15) is 12.8 Å². The first-order chi connectivity index (χ1) is 22.4. The number of nitrogens with zero attached hydrogens (tertiary/aromatic N) is 2. The van der Waals surface area contributed by atoms with Crippen molar-refractivity contribution < 1.29 is 9.59 Å². The van der Waals surface area contributed by atoms with Crippen LogP contribution in [0.15, 0.2) is 41.7 Å². The molecule has 1 aliphatic heterocycles. The molecule has 0 aromatic heterocycles. The number of thioether (sulfide) groups is 1. The van der Waals surface area contributed by atoms with Gasteiger partial charge in [-0.1, -0.05) is 122 Å². The van der Waals surface area contributed by atoms with E-state index >= 15 is 0 Å². The molecular weight excluding hydrogens is 601 g/mol. The number of likely N-dealkylation sites (tertiary alicyclic amines) is 1. The lowest BCUT2D eigenvalue weighted by Crippen LogP contribution is -2.40. The quantitative estimate of drug-likeness (QED) is 0.112. The zero-order chi connectivity index (χ0) is 35.6. The fraction of sp³-hybridized carbons (Fsp3) is 0.650. The van der Waals surface area contributed by atoms with Crippen molar-refractivity contribution in [1.29, 1.82) is 0 Å². The van der Waals surface area contributed by atoms with Crippen molar-refractivity contribution in [2.45, 2.75) is 139 Å². The van der Waals surface area contributed by atoms with Gasteiger partial charge in [-0.05, 0) is 85.9 Å². The van der Waals surface area contributed by atoms with Gasteiger partial charge in [0.2, 0.25) is 5.91 Å². The average Bonchev–Trinajstić information content (AvgIpc) is 3.51. The second-order valence-electron chi connectivity index (χ2n) is 13.1. The van der Waals surface area contributed by atoms with Crippen LogP contribution in [0.1, 0.15) is 150 Å². The molecule has 0 spiro atoms. The van der Waals surface area contributed by atoms with Crippen molar-refractivity contribution in [1.82, 2.24) is 9.91 Å². The summed E-state index contributed by atoms with van der Waals surface area (Å²) in [5.74, 6) is 10.5. The van der Waals surface area contributed by atoms with Crippen molar-refractivity contribution in [3.8, 4) is 11.2 Å². The van der Waals surface area contributed by atoms with E-state index in [1.807, 2.05) is 11.8 Å². The Bertz CT molecular complexity index is 1100. The number of aldehydes is 1. The molecule has 4 N–H and O–H groups in total. The van der Waals surface area contributed by atoms with Gasteiger partial charge < -0.3 is 20.4 Å². The van der Waals surface area contributed by atoms with E-state index in [9.17, 15) is 4.79 Å². The van der Waals surface area contributed by atoms with E-state index < -0.39 is 0 Å². The van der Waals surface area contributed by atoms with Gasteiger partial charge in [0.05, 0.1) is 0 Å². The zero-order valence-electron chi connectivity index (χ0n) is 31.4. The predicted octanol–water partition coefficient (Wildman–Crippen LogP) is 9.87. The van der Waals surface area contributed by atoms with E-state index in [0.717, 1.165) is 44.3 Å². The Morgan fingerprint density at radius 3 is 2.04 bits per heavy atom. The van der Waals surface area contributed by atoms with Gasteiger partial charge >= 0.3 is 0 Å². The Morgan fingerprint density at radius 1 is 1.06 bits per heavy atom. The Balaban J connectivity index is 0.000000714. The average molecular weight is 669 g/mol. The molecule has 7 heteroatoms. The third kappa shape index (κ3) is 20.3. The molecule has 1 saturated heterocycles. The summed E-state index contributed by atoms with van der Waals surface area (Å²) in [6, 6.07) is 9.02. The highest BCUT2D eigenvalue weighted by Gasteiger charge is 2.23. The molecule has 1 aromatic rings. The van der Waals surface area contributed by atoms with Crippen LogP contribution < -0.4 is 11.6 Å². The summed E-state index contributed by atoms with van der Waals surface area (Å²) < 4.78 is 0. The summed E-state index contributed by atoms with van der Waals surface area (Å²) in [6.45, 7) is 20.6. The molecule has 1 aliphatic carbocycles. The Kier molecular flexibility index (Phi) is 25.7. The molecule has 6 nitrogen and oxygen atoms in total. The van der Waals surface area contributed by atoms with Gasteiger partial charge in [-0.25, -0.2) is 5.84 Å². The number of rotatable bonds is 10. The zero-order valence-corrected chi connectivity index (χ0v) is 32.2. The van der Waals surface area contributed by atoms with Gasteiger partial charge in [-0.15, -0.1) is 0 Å². The van der Waals surface area contributed by atoms with Crippen LogP contribution in [0, 0.1) is 23.0 Å². The largest absolute Gasteiger partial charge is 0.401 e. The molecule has 0 radical (unpaired) electrons. The summed E-state index contributed by atoms with van der Waals surface area (Å²) in [4.78, 5) is 23.9. The van der Waals surface area contributed by atoms with Crippen LogP contribution >= 0.6 is 11.8 Å². The van der Waals surface area contributed by atoms with Crippen molar-refractivity contribution in [3.05, 3.63) is 52.9 Å². The second-order valence-corrected chi connectivity index (χ2v) is 13.9. The predicted molar refractivity (Wildman–Crippen MR) is 206 cm³/mol. The molecule has 1 heterocycles. The first-order valence-corrected chi connectivity index (χ1v) is 18.9. The number of hydrogen-bond acceptors (Lipinski definition) is 6. The minimum absolute atomic E-state index is 0.0788. The lowest BCUT2D eigenvalue weighted by atomic mass is 9.95. The smallest absolute Gasteiger partial charge is 0.243 e. The van der Waals surface area contributed by atoms with Gasteiger partial charge in [-0.2, -0.15) is 0 Å². The van der Waals surface area contributed by atoms with E-state index in [2.05, 4.69) is 83.9 Å². The van der Waals surface area contributed by atoms with Gasteiger partial charge in [-0.3, -0.25) is 4.79 Å². The normalized spacial score (nSPS) is 16.7. The van der Waals surface area contributed by atoms with Crippen molar-refractivity contribution in [3.63, 3.8) is 0 Å². The molecule has 1 aromatic carbocycles. The number of benzene rings is 1. The van der Waals surface area contributed by atoms with Gasteiger partial charge in [0.25, 0.3) is 0 Å². The molecule has 3 rings (SSSR count). The van der Waals surface area contributed by atoms with Crippen molar-refractivity contribution in [2.75, 3.05) is 19.6 Å². The summed E-state index contributed by atoms with van der Waals surface area (Å²) in [7, 11) is 0. The first-order valence-electron chi connectivity index (χ1n) is 18.0. The van der Waals surface area contributed by atoms with E-state index in [4.69, 9.17) is 16.4 Å². The van der Waals surface area contributed by atoms with E-state index in [-0.39, 0.29) is 18.4 Å². The monoisotopic (exact) mass is 669 g/mol. The van der Waals surface area contributed by atoms with E-state index in [1.165, 1.54) is 84.9 Å². The maximum absolute atomic E-state index is 12.0. The van der Waals surface area contributed by atoms with Crippen LogP contribution in [-0.4, -0.2) is 41.7 Å². The molecule has 2 aliphatic rings. The highest BCUT2D eigenvalue weighted by Crippen LogP contribution is 2.31. The van der Waals surface area contributed by atoms with Crippen LogP contribution in [0.2, 0.25) is 0 Å². The SMILES string of the molecule is C1CCCCC1.CC=O.CCC#CSC(=C(C)C)c1ccc(C(C)CCC)cc1.CCC(C)/C(N)=C/N(N)CC(=O)N1CCC(C)C1. The lowest BCUT2D eigenvalue weighted by molar-refractivity contribution is -0.130. The Hall–Kier alpha value is -2.69. The number of carbonyl (C=O) groups is 2. The number of allylic oxidation sites excluding steroid dienone is 2. The van der Waals surface area contributed by atoms with Crippen molar-refractivity contribution in [2.24, 2.45) is 23.4 Å². The minimum atomic E-state index is 0.0788. The van der Waals surface area contributed by atoms with Crippen LogP contribution in [0.4, 0.5) is 0 Å². The van der Waals surface area contributed by atoms with Crippen LogP contribution in [0.5, 0.6) is 0 Å². The molecular formula is C40H68N4O2S. The number of hydrogen-bond donors (Lipinski definition) is 2. The third-order valence-electron chi connectivity index (χ3n) is 8.41. The Morgan fingerprint density at radius 2 is 1.62 bits per heavy atom. The third-order valence-corrected chi connectivity index (χ3v) is 9.50. The van der Waals surface area contributed by atoms with Crippen LogP contribution in [0.25, 0.3) is 4.91 Å². The summed E-state index contributed by atoms with van der Waals surface area (Å²) in [5.41, 5.74) is 10.7. The maximum Gasteiger partial charge on any atom is 0.243 e. The first kappa shape index (κ1) is 44.3. The highest BCUT2D eigenvalue weighted by atomic mass is 32.2. The minimum Gasteiger partial charge on any atom is -0.401 e. The molecule has 1 saturated carbocycles. The fourth-order valence-electron chi connectivity index (χ4n) is 5.25. The van der Waals surface area contributed by atoms with Crippen LogP contribution in [-0.2, 0) is 9.59 Å². The molecule has 1 amide bonds. The number of amides is 1. The molecule has 47 heavy (non-hydrogen) atoms. The summed E-state index contributed by atoms with van der Waals surface area (Å²) in [6.07, 6.45) is 16.9. The second kappa shape index (κ2) is 27.3. The topological polar surface area (TPSA) is 92.7 Å². The fourth-order valence-corrected chi connectivity index (χ4v) is 6.03. The van der Waals surface area contributed by atoms with Crippen LogP contribution in [0.3, 0.4) is 0 Å². The Labute approximate surface area is 293 Å². The number of hydrazine groups is 1. The molecule has 2 fully saturated rings. The summed E-state index contributed by atoms with van der Waals surface area (Å²) in [5, 5.41) is 4.58. The van der Waals surface area contributed by atoms with E-state index in [1.54, 1.807) is 18.0 Å². The van der Waals surface area contributed by atoms with Crippen molar-refractivity contribution >= 4 is 28.9 Å². The number of carbonyl (C=O) groups excluding carboxylic acids is 2. The highest BCUT2D eigenvalue weighted by molar-refractivity contribution is 8.12. The van der Waals surface area contributed by atoms with Gasteiger partial charge in [0, 0.05) is 36.3 Å².